The van der Waals surface area contributed by atoms with Crippen LogP contribution in [0.2, 0.25) is 0 Å². The Balaban J connectivity index is 2.71. The molecular weight excluding hydrogens is 282 g/mol. The van der Waals surface area contributed by atoms with E-state index in [0.717, 1.165) is 10.9 Å². The standard InChI is InChI=1S/C13H18BrNO2/c1-3-15(8-9-17-2)13(16)12-6-4-11(10-14)5-7-12/h4-7H,3,8-10H2,1-2H3. The number of hydrogen-bond acceptors (Lipinski definition) is 2. The summed E-state index contributed by atoms with van der Waals surface area (Å²) >= 11 is 3.38. The lowest BCUT2D eigenvalue weighted by atomic mass is 10.1. The summed E-state index contributed by atoms with van der Waals surface area (Å²) in [6, 6.07) is 7.67. The first kappa shape index (κ1) is 14.2. The minimum atomic E-state index is 0.0608. The summed E-state index contributed by atoms with van der Waals surface area (Å²) in [4.78, 5) is 13.9. The molecule has 1 rings (SSSR count). The van der Waals surface area contributed by atoms with Crippen LogP contribution in [-0.2, 0) is 10.1 Å². The van der Waals surface area contributed by atoms with E-state index in [0.29, 0.717) is 19.7 Å². The molecule has 0 bridgehead atoms. The highest BCUT2D eigenvalue weighted by Crippen LogP contribution is 2.10. The molecule has 0 unspecified atom stereocenters. The van der Waals surface area contributed by atoms with E-state index in [1.165, 1.54) is 5.56 Å². The summed E-state index contributed by atoms with van der Waals surface area (Å²) in [6.45, 7) is 3.87. The number of halogens is 1. The number of carbonyl (C=O) groups excluding carboxylic acids is 1. The number of hydrogen-bond donors (Lipinski definition) is 0. The second-order valence-corrected chi connectivity index (χ2v) is 4.27. The topological polar surface area (TPSA) is 29.5 Å². The molecule has 17 heavy (non-hydrogen) atoms. The van der Waals surface area contributed by atoms with Gasteiger partial charge in [0.1, 0.15) is 0 Å². The number of likely N-dealkylation sites (N-methyl/N-ethyl adjacent to an activating group) is 1. The lowest BCUT2D eigenvalue weighted by Gasteiger charge is -2.20. The molecule has 0 spiro atoms. The van der Waals surface area contributed by atoms with Crippen molar-refractivity contribution in [3.8, 4) is 0 Å². The van der Waals surface area contributed by atoms with Crippen molar-refractivity contribution in [1.82, 2.24) is 4.90 Å². The van der Waals surface area contributed by atoms with Gasteiger partial charge in [0.25, 0.3) is 5.91 Å². The average molecular weight is 300 g/mol. The summed E-state index contributed by atoms with van der Waals surface area (Å²) in [7, 11) is 1.64. The molecule has 0 fully saturated rings. The molecule has 94 valence electrons. The Morgan fingerprint density at radius 3 is 2.47 bits per heavy atom. The zero-order valence-electron chi connectivity index (χ0n) is 10.3. The third kappa shape index (κ3) is 4.13. The third-order valence-corrected chi connectivity index (χ3v) is 3.24. The van der Waals surface area contributed by atoms with Crippen LogP contribution in [-0.4, -0.2) is 37.6 Å². The van der Waals surface area contributed by atoms with Gasteiger partial charge in [0, 0.05) is 31.1 Å². The number of ether oxygens (including phenoxy) is 1. The summed E-state index contributed by atoms with van der Waals surface area (Å²) in [5.41, 5.74) is 1.90. The van der Waals surface area contributed by atoms with E-state index in [1.54, 1.807) is 12.0 Å². The highest BCUT2D eigenvalue weighted by atomic mass is 79.9. The monoisotopic (exact) mass is 299 g/mol. The van der Waals surface area contributed by atoms with E-state index >= 15 is 0 Å². The van der Waals surface area contributed by atoms with Gasteiger partial charge in [0.2, 0.25) is 0 Å². The van der Waals surface area contributed by atoms with Gasteiger partial charge in [-0.2, -0.15) is 0 Å². The van der Waals surface area contributed by atoms with Gasteiger partial charge in [-0.15, -0.1) is 0 Å². The second kappa shape index (κ2) is 7.45. The largest absolute Gasteiger partial charge is 0.383 e. The molecule has 0 aliphatic rings. The predicted octanol–water partition coefficient (Wildman–Crippen LogP) is 2.69. The van der Waals surface area contributed by atoms with Gasteiger partial charge in [-0.3, -0.25) is 4.79 Å². The molecule has 0 radical (unpaired) electrons. The van der Waals surface area contributed by atoms with Crippen LogP contribution in [0.3, 0.4) is 0 Å². The maximum atomic E-state index is 12.1. The molecule has 3 nitrogen and oxygen atoms in total. The van der Waals surface area contributed by atoms with Crippen LogP contribution in [0.15, 0.2) is 24.3 Å². The average Bonchev–Trinajstić information content (AvgIpc) is 2.39. The minimum absolute atomic E-state index is 0.0608. The number of amides is 1. The van der Waals surface area contributed by atoms with Crippen molar-refractivity contribution >= 4 is 21.8 Å². The quantitative estimate of drug-likeness (QED) is 0.756. The molecule has 1 aromatic rings. The molecule has 0 saturated carbocycles. The van der Waals surface area contributed by atoms with Crippen molar-refractivity contribution in [2.45, 2.75) is 12.3 Å². The molecule has 0 aromatic heterocycles. The van der Waals surface area contributed by atoms with E-state index in [4.69, 9.17) is 4.74 Å². The van der Waals surface area contributed by atoms with Crippen LogP contribution in [0.5, 0.6) is 0 Å². The van der Waals surface area contributed by atoms with Crippen LogP contribution in [0.1, 0.15) is 22.8 Å². The molecular formula is C13H18BrNO2. The van der Waals surface area contributed by atoms with Crippen LogP contribution in [0.25, 0.3) is 0 Å². The molecule has 4 heteroatoms. The highest BCUT2D eigenvalue weighted by molar-refractivity contribution is 9.08. The Labute approximate surface area is 111 Å². The fourth-order valence-electron chi connectivity index (χ4n) is 1.52. The van der Waals surface area contributed by atoms with Gasteiger partial charge in [0.05, 0.1) is 6.61 Å². The van der Waals surface area contributed by atoms with Crippen molar-refractivity contribution in [3.05, 3.63) is 35.4 Å². The predicted molar refractivity (Wildman–Crippen MR) is 72.5 cm³/mol. The Morgan fingerprint density at radius 1 is 1.35 bits per heavy atom. The first-order valence-corrected chi connectivity index (χ1v) is 6.78. The number of nitrogens with zero attached hydrogens (tertiary/aromatic N) is 1. The molecule has 0 heterocycles. The number of rotatable bonds is 6. The summed E-state index contributed by atoms with van der Waals surface area (Å²) < 4.78 is 5.00. The molecule has 1 aromatic carbocycles. The number of benzene rings is 1. The Hall–Kier alpha value is -0.870. The minimum Gasteiger partial charge on any atom is -0.383 e. The van der Waals surface area contributed by atoms with Crippen LogP contribution in [0.4, 0.5) is 0 Å². The first-order chi connectivity index (χ1) is 8.22. The molecule has 0 N–H and O–H groups in total. The van der Waals surface area contributed by atoms with E-state index < -0.39 is 0 Å². The van der Waals surface area contributed by atoms with Gasteiger partial charge in [-0.05, 0) is 24.6 Å². The lowest BCUT2D eigenvalue weighted by Crippen LogP contribution is -2.33. The number of methoxy groups -OCH3 is 1. The number of carbonyl (C=O) groups is 1. The highest BCUT2D eigenvalue weighted by Gasteiger charge is 2.13. The van der Waals surface area contributed by atoms with Gasteiger partial charge >= 0.3 is 0 Å². The van der Waals surface area contributed by atoms with Crippen molar-refractivity contribution in [2.75, 3.05) is 26.8 Å². The Kier molecular flexibility index (Phi) is 6.22. The SMILES string of the molecule is CCN(CCOC)C(=O)c1ccc(CBr)cc1. The van der Waals surface area contributed by atoms with Crippen LogP contribution < -0.4 is 0 Å². The van der Waals surface area contributed by atoms with Gasteiger partial charge in [0.15, 0.2) is 0 Å². The normalized spacial score (nSPS) is 10.3. The van der Waals surface area contributed by atoms with Crippen molar-refractivity contribution in [3.63, 3.8) is 0 Å². The lowest BCUT2D eigenvalue weighted by molar-refractivity contribution is 0.0706. The van der Waals surface area contributed by atoms with E-state index in [2.05, 4.69) is 15.9 Å². The third-order valence-electron chi connectivity index (χ3n) is 2.59. The van der Waals surface area contributed by atoms with Crippen molar-refractivity contribution < 1.29 is 9.53 Å². The molecule has 0 aliphatic carbocycles. The van der Waals surface area contributed by atoms with Gasteiger partial charge in [-0.25, -0.2) is 0 Å². The summed E-state index contributed by atoms with van der Waals surface area (Å²) in [6.07, 6.45) is 0. The van der Waals surface area contributed by atoms with E-state index in [-0.39, 0.29) is 5.91 Å². The Bertz CT molecular complexity index is 351. The first-order valence-electron chi connectivity index (χ1n) is 5.66. The molecule has 0 saturated heterocycles. The zero-order valence-corrected chi connectivity index (χ0v) is 11.9. The van der Waals surface area contributed by atoms with Gasteiger partial charge in [-0.1, -0.05) is 28.1 Å². The summed E-state index contributed by atoms with van der Waals surface area (Å²) in [5, 5.41) is 0.808. The van der Waals surface area contributed by atoms with E-state index in [9.17, 15) is 4.79 Å². The maximum absolute atomic E-state index is 12.1. The van der Waals surface area contributed by atoms with Crippen LogP contribution in [0, 0.1) is 0 Å². The van der Waals surface area contributed by atoms with Crippen LogP contribution >= 0.6 is 15.9 Å². The fourth-order valence-corrected chi connectivity index (χ4v) is 1.90. The number of alkyl halides is 1. The fraction of sp³-hybridized carbons (Fsp3) is 0.462. The molecule has 1 amide bonds. The Morgan fingerprint density at radius 2 is 2.00 bits per heavy atom. The van der Waals surface area contributed by atoms with Crippen molar-refractivity contribution in [1.29, 1.82) is 0 Å². The zero-order chi connectivity index (χ0) is 12.7. The van der Waals surface area contributed by atoms with Gasteiger partial charge < -0.3 is 9.64 Å². The maximum Gasteiger partial charge on any atom is 0.253 e. The smallest absolute Gasteiger partial charge is 0.253 e. The second-order valence-electron chi connectivity index (χ2n) is 3.71. The molecule has 0 atom stereocenters. The molecule has 0 aliphatic heterocycles. The summed E-state index contributed by atoms with van der Waals surface area (Å²) in [5.74, 6) is 0.0608. The van der Waals surface area contributed by atoms with Crippen molar-refractivity contribution in [2.24, 2.45) is 0 Å². The van der Waals surface area contributed by atoms with E-state index in [1.807, 2.05) is 31.2 Å².